The first-order chi connectivity index (χ1) is 13.5. The quantitative estimate of drug-likeness (QED) is 0.617. The monoisotopic (exact) mass is 399 g/mol. The Morgan fingerprint density at radius 3 is 2.82 bits per heavy atom. The van der Waals surface area contributed by atoms with Gasteiger partial charge in [0.05, 0.1) is 11.2 Å². The van der Waals surface area contributed by atoms with Crippen LogP contribution in [0.2, 0.25) is 5.02 Å². The molecule has 0 unspecified atom stereocenters. The van der Waals surface area contributed by atoms with Crippen LogP contribution in [0.5, 0.6) is 11.5 Å². The molecule has 1 saturated heterocycles. The maximum Gasteiger partial charge on any atom is 0.346 e. The molecule has 0 spiro atoms. The minimum Gasteiger partial charge on any atom is -0.454 e. The van der Waals surface area contributed by atoms with Gasteiger partial charge in [0.25, 0.3) is 5.91 Å². The Labute approximate surface area is 166 Å². The molecule has 28 heavy (non-hydrogen) atoms. The first-order valence-corrected chi connectivity index (χ1v) is 9.18. The number of hydrazone groups is 1. The number of nitrogens with zero attached hydrogens (tertiary/aromatic N) is 2. The van der Waals surface area contributed by atoms with Gasteiger partial charge in [0.15, 0.2) is 11.5 Å². The van der Waals surface area contributed by atoms with Crippen molar-refractivity contribution in [2.24, 2.45) is 5.10 Å². The van der Waals surface area contributed by atoms with Crippen molar-refractivity contribution >= 4 is 29.8 Å². The van der Waals surface area contributed by atoms with Gasteiger partial charge < -0.3 is 14.8 Å². The van der Waals surface area contributed by atoms with Gasteiger partial charge in [-0.3, -0.25) is 4.79 Å². The highest BCUT2D eigenvalue weighted by Crippen LogP contribution is 2.39. The van der Waals surface area contributed by atoms with E-state index in [1.165, 1.54) is 6.21 Å². The van der Waals surface area contributed by atoms with Gasteiger partial charge in [-0.05, 0) is 43.0 Å². The number of carbonyl (C=O) groups is 2. The van der Waals surface area contributed by atoms with Gasteiger partial charge in [0.2, 0.25) is 6.79 Å². The third-order valence-electron chi connectivity index (χ3n) is 4.77. The summed E-state index contributed by atoms with van der Waals surface area (Å²) in [7, 11) is 0. The topological polar surface area (TPSA) is 80.2 Å². The summed E-state index contributed by atoms with van der Waals surface area (Å²) >= 11 is 6.15. The van der Waals surface area contributed by atoms with E-state index in [9.17, 15) is 9.59 Å². The zero-order valence-electron chi connectivity index (χ0n) is 15.1. The SMILES string of the molecule is C[C@]1(CCc2ccccc2)NC(=O)N(/N=C\c2cc(Cl)c3c(c2)OCO3)C1=O. The van der Waals surface area contributed by atoms with E-state index in [1.54, 1.807) is 19.1 Å². The fraction of sp³-hybridized carbons (Fsp3) is 0.250. The van der Waals surface area contributed by atoms with E-state index in [4.69, 9.17) is 21.1 Å². The molecule has 0 radical (unpaired) electrons. The predicted octanol–water partition coefficient (Wildman–Crippen LogP) is 3.35. The molecule has 2 aliphatic heterocycles. The van der Waals surface area contributed by atoms with Gasteiger partial charge in [0.1, 0.15) is 5.54 Å². The van der Waals surface area contributed by atoms with Crippen molar-refractivity contribution < 1.29 is 19.1 Å². The Morgan fingerprint density at radius 2 is 2.04 bits per heavy atom. The van der Waals surface area contributed by atoms with Crippen molar-refractivity contribution in [2.45, 2.75) is 25.3 Å². The Balaban J connectivity index is 1.48. The average Bonchev–Trinajstić information content (AvgIpc) is 3.24. The van der Waals surface area contributed by atoms with Crippen LogP contribution in [-0.2, 0) is 11.2 Å². The van der Waals surface area contributed by atoms with Crippen LogP contribution in [0, 0.1) is 0 Å². The molecule has 0 aromatic heterocycles. The lowest BCUT2D eigenvalue weighted by Crippen LogP contribution is -2.44. The van der Waals surface area contributed by atoms with E-state index < -0.39 is 17.5 Å². The number of ether oxygens (including phenoxy) is 2. The molecule has 0 bridgehead atoms. The lowest BCUT2D eigenvalue weighted by Gasteiger charge is -2.20. The summed E-state index contributed by atoms with van der Waals surface area (Å²) in [6.07, 6.45) is 2.54. The largest absolute Gasteiger partial charge is 0.454 e. The maximum atomic E-state index is 12.8. The van der Waals surface area contributed by atoms with Gasteiger partial charge >= 0.3 is 6.03 Å². The van der Waals surface area contributed by atoms with E-state index in [1.807, 2.05) is 30.3 Å². The van der Waals surface area contributed by atoms with E-state index in [-0.39, 0.29) is 6.79 Å². The number of carbonyl (C=O) groups excluding carboxylic acids is 2. The third-order valence-corrected chi connectivity index (χ3v) is 5.05. The van der Waals surface area contributed by atoms with Crippen molar-refractivity contribution in [2.75, 3.05) is 6.79 Å². The van der Waals surface area contributed by atoms with Crippen LogP contribution in [0.4, 0.5) is 4.79 Å². The first-order valence-electron chi connectivity index (χ1n) is 8.80. The highest BCUT2D eigenvalue weighted by atomic mass is 35.5. The Hall–Kier alpha value is -3.06. The van der Waals surface area contributed by atoms with Crippen LogP contribution in [0.1, 0.15) is 24.5 Å². The number of nitrogens with one attached hydrogen (secondary N) is 1. The van der Waals surface area contributed by atoms with Gasteiger partial charge in [-0.1, -0.05) is 41.9 Å². The molecule has 8 heteroatoms. The van der Waals surface area contributed by atoms with Crippen molar-refractivity contribution in [3.05, 3.63) is 58.6 Å². The number of fused-ring (bicyclic) bond motifs is 1. The third kappa shape index (κ3) is 3.41. The zero-order chi connectivity index (χ0) is 19.7. The van der Waals surface area contributed by atoms with Crippen LogP contribution in [0.25, 0.3) is 0 Å². The molecule has 144 valence electrons. The van der Waals surface area contributed by atoms with E-state index in [0.29, 0.717) is 34.9 Å². The Morgan fingerprint density at radius 1 is 1.25 bits per heavy atom. The summed E-state index contributed by atoms with van der Waals surface area (Å²) in [5.74, 6) is 0.581. The lowest BCUT2D eigenvalue weighted by atomic mass is 9.93. The fourth-order valence-corrected chi connectivity index (χ4v) is 3.44. The summed E-state index contributed by atoms with van der Waals surface area (Å²) < 4.78 is 10.6. The number of urea groups is 1. The Bertz CT molecular complexity index is 963. The van der Waals surface area contributed by atoms with Gasteiger partial charge in [-0.25, -0.2) is 4.79 Å². The van der Waals surface area contributed by atoms with E-state index in [0.717, 1.165) is 10.6 Å². The molecule has 2 heterocycles. The summed E-state index contributed by atoms with van der Waals surface area (Å²) in [6, 6.07) is 12.6. The van der Waals surface area contributed by atoms with Crippen LogP contribution < -0.4 is 14.8 Å². The number of amides is 3. The van der Waals surface area contributed by atoms with Gasteiger partial charge in [-0.15, -0.1) is 5.01 Å². The Kier molecular flexibility index (Phi) is 4.68. The normalized spacial score (nSPS) is 20.9. The first kappa shape index (κ1) is 18.3. The molecule has 0 aliphatic carbocycles. The summed E-state index contributed by atoms with van der Waals surface area (Å²) in [4.78, 5) is 25.1. The van der Waals surface area contributed by atoms with Crippen LogP contribution in [-0.4, -0.2) is 35.5 Å². The molecular weight excluding hydrogens is 382 g/mol. The average molecular weight is 400 g/mol. The predicted molar refractivity (Wildman–Crippen MR) is 104 cm³/mol. The molecule has 2 aromatic rings. The number of imide groups is 1. The number of hydrogen-bond acceptors (Lipinski definition) is 5. The maximum absolute atomic E-state index is 12.8. The van der Waals surface area contributed by atoms with Crippen molar-refractivity contribution in [3.8, 4) is 11.5 Å². The molecule has 2 aromatic carbocycles. The molecule has 4 rings (SSSR count). The summed E-state index contributed by atoms with van der Waals surface area (Å²) in [5, 5.41) is 8.03. The summed E-state index contributed by atoms with van der Waals surface area (Å²) in [6.45, 7) is 1.81. The highest BCUT2D eigenvalue weighted by Gasteiger charge is 2.47. The molecule has 3 amide bonds. The van der Waals surface area contributed by atoms with E-state index >= 15 is 0 Å². The van der Waals surface area contributed by atoms with Crippen molar-refractivity contribution in [3.63, 3.8) is 0 Å². The second-order valence-electron chi connectivity index (χ2n) is 6.85. The molecule has 1 N–H and O–H groups in total. The molecular formula is C20H18ClN3O4. The summed E-state index contributed by atoms with van der Waals surface area (Å²) in [5.41, 5.74) is 0.687. The van der Waals surface area contributed by atoms with Crippen LogP contribution in [0.3, 0.4) is 0 Å². The number of aryl methyl sites for hydroxylation is 1. The number of halogens is 1. The molecule has 1 fully saturated rings. The van der Waals surface area contributed by atoms with Crippen LogP contribution >= 0.6 is 11.6 Å². The molecule has 0 saturated carbocycles. The number of benzene rings is 2. The van der Waals surface area contributed by atoms with Gasteiger partial charge in [-0.2, -0.15) is 5.10 Å². The number of rotatable bonds is 5. The van der Waals surface area contributed by atoms with Crippen molar-refractivity contribution in [1.82, 2.24) is 10.3 Å². The highest BCUT2D eigenvalue weighted by molar-refractivity contribution is 6.32. The zero-order valence-corrected chi connectivity index (χ0v) is 15.9. The molecule has 2 aliphatic rings. The molecule has 7 nitrogen and oxygen atoms in total. The molecule has 1 atom stereocenters. The minimum atomic E-state index is -1.00. The lowest BCUT2D eigenvalue weighted by molar-refractivity contribution is -0.130. The van der Waals surface area contributed by atoms with E-state index in [2.05, 4.69) is 10.4 Å². The second-order valence-corrected chi connectivity index (χ2v) is 7.25. The standard InChI is InChI=1S/C20H18ClN3O4/c1-20(8-7-13-5-3-2-4-6-13)18(25)24(19(26)23-20)22-11-14-9-15(21)17-16(10-14)27-12-28-17/h2-6,9-11H,7-8,12H2,1H3,(H,23,26)/b22-11-/t20-/m1/s1. The van der Waals surface area contributed by atoms with Crippen molar-refractivity contribution in [1.29, 1.82) is 0 Å². The smallest absolute Gasteiger partial charge is 0.346 e. The number of hydrogen-bond donors (Lipinski definition) is 1. The second kappa shape index (κ2) is 7.16. The minimum absolute atomic E-state index is 0.0996. The fourth-order valence-electron chi connectivity index (χ4n) is 3.17. The van der Waals surface area contributed by atoms with Crippen LogP contribution in [0.15, 0.2) is 47.6 Å². The van der Waals surface area contributed by atoms with Gasteiger partial charge in [0, 0.05) is 0 Å².